The Bertz CT molecular complexity index is 1070. The van der Waals surface area contributed by atoms with E-state index in [-0.39, 0.29) is 24.1 Å². The predicted octanol–water partition coefficient (Wildman–Crippen LogP) is 3.85. The molecule has 162 valence electrons. The summed E-state index contributed by atoms with van der Waals surface area (Å²) in [5, 5.41) is 0.762. The fourth-order valence-corrected chi connectivity index (χ4v) is 4.30. The molecular weight excluding hydrogens is 393 g/mol. The standard InChI is InChI=1S/C25H28FN3O2/c1-18-21(22-16-20(26)10-11-23(22)27-18)17-25(31)29-14-12-28(13-15-29)24(30)9-5-8-19-6-3-2-4-7-19/h2-4,6-7,10-11,16,27H,5,8-9,12-15,17H2,1H3. The van der Waals surface area contributed by atoms with E-state index in [1.165, 1.54) is 17.7 Å². The van der Waals surface area contributed by atoms with Crippen molar-refractivity contribution in [3.8, 4) is 0 Å². The molecule has 1 aliphatic heterocycles. The van der Waals surface area contributed by atoms with Crippen molar-refractivity contribution in [1.29, 1.82) is 0 Å². The largest absolute Gasteiger partial charge is 0.358 e. The summed E-state index contributed by atoms with van der Waals surface area (Å²) in [6.07, 6.45) is 2.50. The van der Waals surface area contributed by atoms with E-state index < -0.39 is 0 Å². The van der Waals surface area contributed by atoms with Gasteiger partial charge in [0.05, 0.1) is 6.42 Å². The highest BCUT2D eigenvalue weighted by molar-refractivity contribution is 5.90. The summed E-state index contributed by atoms with van der Waals surface area (Å²) >= 11 is 0. The predicted molar refractivity (Wildman–Crippen MR) is 119 cm³/mol. The van der Waals surface area contributed by atoms with Crippen molar-refractivity contribution >= 4 is 22.7 Å². The molecule has 0 spiro atoms. The number of piperazine rings is 1. The highest BCUT2D eigenvalue weighted by atomic mass is 19.1. The molecule has 2 aromatic carbocycles. The number of aryl methyl sites for hydroxylation is 2. The summed E-state index contributed by atoms with van der Waals surface area (Å²) < 4.78 is 13.7. The highest BCUT2D eigenvalue weighted by Gasteiger charge is 2.25. The van der Waals surface area contributed by atoms with Crippen molar-refractivity contribution < 1.29 is 14.0 Å². The van der Waals surface area contributed by atoms with Gasteiger partial charge in [-0.05, 0) is 49.1 Å². The lowest BCUT2D eigenvalue weighted by Gasteiger charge is -2.35. The summed E-state index contributed by atoms with van der Waals surface area (Å²) in [4.78, 5) is 32.3. The van der Waals surface area contributed by atoms with Gasteiger partial charge >= 0.3 is 0 Å². The van der Waals surface area contributed by atoms with E-state index in [9.17, 15) is 14.0 Å². The number of aromatic nitrogens is 1. The lowest BCUT2D eigenvalue weighted by atomic mass is 10.1. The Morgan fingerprint density at radius 3 is 2.35 bits per heavy atom. The number of carbonyl (C=O) groups is 2. The molecule has 6 heteroatoms. The molecule has 2 heterocycles. The van der Waals surface area contributed by atoms with Gasteiger partial charge in [-0.2, -0.15) is 0 Å². The van der Waals surface area contributed by atoms with Crippen LogP contribution in [0.25, 0.3) is 10.9 Å². The van der Waals surface area contributed by atoms with Gasteiger partial charge < -0.3 is 14.8 Å². The second-order valence-corrected chi connectivity index (χ2v) is 8.20. The highest BCUT2D eigenvalue weighted by Crippen LogP contribution is 2.24. The van der Waals surface area contributed by atoms with Gasteiger partial charge in [0.25, 0.3) is 0 Å². The van der Waals surface area contributed by atoms with Crippen LogP contribution in [0.4, 0.5) is 4.39 Å². The summed E-state index contributed by atoms with van der Waals surface area (Å²) in [5.74, 6) is -0.130. The van der Waals surface area contributed by atoms with Crippen LogP contribution in [0.1, 0.15) is 29.7 Å². The Morgan fingerprint density at radius 1 is 0.968 bits per heavy atom. The van der Waals surface area contributed by atoms with E-state index in [1.807, 2.05) is 34.9 Å². The number of fused-ring (bicyclic) bond motifs is 1. The van der Waals surface area contributed by atoms with Gasteiger partial charge in [0.15, 0.2) is 0 Å². The Morgan fingerprint density at radius 2 is 1.65 bits per heavy atom. The molecule has 0 bridgehead atoms. The van der Waals surface area contributed by atoms with E-state index in [0.29, 0.717) is 32.6 Å². The van der Waals surface area contributed by atoms with Crippen LogP contribution < -0.4 is 0 Å². The van der Waals surface area contributed by atoms with Crippen LogP contribution in [0.5, 0.6) is 0 Å². The SMILES string of the molecule is Cc1[nH]c2ccc(F)cc2c1CC(=O)N1CCN(C(=O)CCCc2ccccc2)CC1. The zero-order valence-corrected chi connectivity index (χ0v) is 17.9. The molecule has 0 aliphatic carbocycles. The minimum Gasteiger partial charge on any atom is -0.358 e. The molecule has 1 aromatic heterocycles. The molecular formula is C25H28FN3O2. The first kappa shape index (κ1) is 21.1. The van der Waals surface area contributed by atoms with Gasteiger partial charge in [-0.3, -0.25) is 9.59 Å². The molecule has 1 N–H and O–H groups in total. The first-order chi connectivity index (χ1) is 15.0. The van der Waals surface area contributed by atoms with Gasteiger partial charge in [-0.25, -0.2) is 4.39 Å². The lowest BCUT2D eigenvalue weighted by molar-refractivity contribution is -0.139. The molecule has 1 saturated heterocycles. The molecule has 0 saturated carbocycles. The van der Waals surface area contributed by atoms with Gasteiger partial charge in [0.1, 0.15) is 5.82 Å². The first-order valence-corrected chi connectivity index (χ1v) is 10.9. The van der Waals surface area contributed by atoms with Crippen molar-refractivity contribution in [3.63, 3.8) is 0 Å². The number of aromatic amines is 1. The lowest BCUT2D eigenvalue weighted by Crippen LogP contribution is -2.51. The van der Waals surface area contributed by atoms with Crippen molar-refractivity contribution in [2.45, 2.75) is 32.6 Å². The van der Waals surface area contributed by atoms with Gasteiger partial charge in [0.2, 0.25) is 11.8 Å². The van der Waals surface area contributed by atoms with E-state index in [0.717, 1.165) is 35.0 Å². The maximum Gasteiger partial charge on any atom is 0.227 e. The van der Waals surface area contributed by atoms with Gasteiger partial charge in [-0.15, -0.1) is 0 Å². The Labute approximate surface area is 181 Å². The smallest absolute Gasteiger partial charge is 0.227 e. The summed E-state index contributed by atoms with van der Waals surface area (Å²) in [6, 6.07) is 14.8. The van der Waals surface area contributed by atoms with Crippen molar-refractivity contribution in [3.05, 3.63) is 71.2 Å². The molecule has 5 nitrogen and oxygen atoms in total. The number of nitrogens with zero attached hydrogens (tertiary/aromatic N) is 2. The van der Waals surface area contributed by atoms with Gasteiger partial charge in [0, 0.05) is 49.2 Å². The molecule has 0 unspecified atom stereocenters. The molecule has 3 aromatic rings. The maximum atomic E-state index is 13.7. The average molecular weight is 422 g/mol. The molecule has 31 heavy (non-hydrogen) atoms. The van der Waals surface area contributed by atoms with E-state index >= 15 is 0 Å². The van der Waals surface area contributed by atoms with Crippen LogP contribution in [0.3, 0.4) is 0 Å². The number of hydrogen-bond acceptors (Lipinski definition) is 2. The first-order valence-electron chi connectivity index (χ1n) is 10.9. The molecule has 2 amide bonds. The third-order valence-corrected chi connectivity index (χ3v) is 6.09. The second kappa shape index (κ2) is 9.33. The van der Waals surface area contributed by atoms with Crippen LogP contribution in [0.2, 0.25) is 0 Å². The maximum absolute atomic E-state index is 13.7. The van der Waals surface area contributed by atoms with E-state index in [4.69, 9.17) is 0 Å². The molecule has 4 rings (SSSR count). The summed E-state index contributed by atoms with van der Waals surface area (Å²) in [7, 11) is 0. The minimum absolute atomic E-state index is 0.0180. The quantitative estimate of drug-likeness (QED) is 0.657. The van der Waals surface area contributed by atoms with Crippen molar-refractivity contribution in [1.82, 2.24) is 14.8 Å². The third kappa shape index (κ3) is 4.95. The molecule has 0 radical (unpaired) electrons. The third-order valence-electron chi connectivity index (χ3n) is 6.09. The van der Waals surface area contributed by atoms with Crippen LogP contribution in [0.15, 0.2) is 48.5 Å². The zero-order valence-electron chi connectivity index (χ0n) is 17.9. The van der Waals surface area contributed by atoms with Crippen molar-refractivity contribution in [2.75, 3.05) is 26.2 Å². The normalized spacial score (nSPS) is 14.3. The van der Waals surface area contributed by atoms with Crippen LogP contribution in [-0.4, -0.2) is 52.8 Å². The molecule has 0 atom stereocenters. The van der Waals surface area contributed by atoms with Crippen LogP contribution >= 0.6 is 0 Å². The van der Waals surface area contributed by atoms with Crippen LogP contribution in [-0.2, 0) is 22.4 Å². The fourth-order valence-electron chi connectivity index (χ4n) is 4.30. The van der Waals surface area contributed by atoms with Gasteiger partial charge in [-0.1, -0.05) is 30.3 Å². The number of halogens is 1. The Hall–Kier alpha value is -3.15. The zero-order chi connectivity index (χ0) is 21.8. The Kier molecular flexibility index (Phi) is 6.35. The number of H-pyrrole nitrogens is 1. The summed E-state index contributed by atoms with van der Waals surface area (Å²) in [6.45, 7) is 4.12. The van der Waals surface area contributed by atoms with E-state index in [2.05, 4.69) is 17.1 Å². The van der Waals surface area contributed by atoms with Crippen LogP contribution in [0, 0.1) is 12.7 Å². The average Bonchev–Trinajstić information content (AvgIpc) is 3.09. The fraction of sp³-hybridized carbons (Fsp3) is 0.360. The van der Waals surface area contributed by atoms with E-state index in [1.54, 1.807) is 6.07 Å². The number of benzene rings is 2. The molecule has 1 fully saturated rings. The number of rotatable bonds is 6. The second-order valence-electron chi connectivity index (χ2n) is 8.20. The summed E-state index contributed by atoms with van der Waals surface area (Å²) in [5.41, 5.74) is 3.82. The Balaban J connectivity index is 1.28. The number of nitrogens with one attached hydrogen (secondary N) is 1. The number of hydrogen-bond donors (Lipinski definition) is 1. The van der Waals surface area contributed by atoms with Crippen molar-refractivity contribution in [2.24, 2.45) is 0 Å². The molecule has 1 aliphatic rings. The monoisotopic (exact) mass is 421 g/mol. The number of carbonyl (C=O) groups excluding carboxylic acids is 2. The topological polar surface area (TPSA) is 56.4 Å². The minimum atomic E-state index is -0.306. The number of amides is 2.